The van der Waals surface area contributed by atoms with Crippen molar-refractivity contribution in [2.45, 2.75) is 218 Å². The summed E-state index contributed by atoms with van der Waals surface area (Å²) in [6.45, 7) is 13.4. The van der Waals surface area contributed by atoms with Crippen molar-refractivity contribution >= 4 is 23.9 Å². The molecule has 1 spiro atoms. The molecule has 60 heavy (non-hydrogen) atoms. The lowest BCUT2D eigenvalue weighted by molar-refractivity contribution is -0.172. The van der Waals surface area contributed by atoms with E-state index in [0.29, 0.717) is 31.6 Å². The van der Waals surface area contributed by atoms with Gasteiger partial charge in [0.25, 0.3) is 0 Å². The van der Waals surface area contributed by atoms with E-state index in [4.69, 9.17) is 23.7 Å². The molecule has 1 saturated heterocycles. The zero-order valence-corrected chi connectivity index (χ0v) is 38.1. The van der Waals surface area contributed by atoms with E-state index in [-0.39, 0.29) is 42.6 Å². The fraction of sp³-hybridized carbons (Fsp3) is 0.755. The van der Waals surface area contributed by atoms with Gasteiger partial charge in [0.2, 0.25) is 0 Å². The third kappa shape index (κ3) is 11.7. The predicted molar refractivity (Wildman–Crippen MR) is 231 cm³/mol. The molecule has 11 heteroatoms. The average molecular weight is 838 g/mol. The number of piperidine rings is 1. The molecule has 1 N–H and O–H groups in total. The van der Waals surface area contributed by atoms with E-state index in [1.807, 2.05) is 13.1 Å². The van der Waals surface area contributed by atoms with Crippen molar-refractivity contribution in [3.63, 3.8) is 0 Å². The second-order valence-electron chi connectivity index (χ2n) is 20.0. The van der Waals surface area contributed by atoms with E-state index < -0.39 is 52.3 Å². The number of aliphatic hydroxyl groups is 1. The SMILES string of the molecule is CCCCCCCCCCCCCCCCCC(=O)C[C@@H](CC(=O)OC(C)(C)C)C(=O)OC1=CC[C@@]2(O)[C@@H]3Cc4ccc(OC(=O)OC(C)(C)C)c5c4[C@@]2(CCN3C)[C@H]1O5. The molecule has 0 unspecified atom stereocenters. The molecule has 336 valence electrons. The summed E-state index contributed by atoms with van der Waals surface area (Å²) in [6, 6.07) is 3.35. The van der Waals surface area contributed by atoms with Gasteiger partial charge >= 0.3 is 18.1 Å². The molecule has 0 radical (unpaired) electrons. The molecule has 1 fully saturated rings. The number of rotatable bonds is 23. The third-order valence-corrected chi connectivity index (χ3v) is 12.8. The van der Waals surface area contributed by atoms with Gasteiger partial charge in [0.05, 0.1) is 23.4 Å². The number of esters is 2. The minimum absolute atomic E-state index is 0.0932. The highest BCUT2D eigenvalue weighted by Gasteiger charge is 2.72. The number of nitrogens with zero attached hydrogens (tertiary/aromatic N) is 1. The molecule has 2 bridgehead atoms. The summed E-state index contributed by atoms with van der Waals surface area (Å²) in [5.74, 6) is -1.78. The second kappa shape index (κ2) is 20.6. The number of ketones is 1. The van der Waals surface area contributed by atoms with E-state index in [0.717, 1.165) is 36.8 Å². The van der Waals surface area contributed by atoms with Crippen molar-refractivity contribution in [3.8, 4) is 11.5 Å². The maximum Gasteiger partial charge on any atom is 0.514 e. The molecule has 1 aromatic carbocycles. The minimum Gasteiger partial charge on any atom is -0.477 e. The van der Waals surface area contributed by atoms with Gasteiger partial charge in [-0.2, -0.15) is 0 Å². The van der Waals surface area contributed by atoms with Gasteiger partial charge < -0.3 is 33.7 Å². The van der Waals surface area contributed by atoms with Crippen molar-refractivity contribution < 1.29 is 48.0 Å². The Balaban J connectivity index is 1.21. The first-order chi connectivity index (χ1) is 28.4. The number of hydrogen-bond donors (Lipinski definition) is 1. The van der Waals surface area contributed by atoms with E-state index >= 15 is 0 Å². The van der Waals surface area contributed by atoms with Crippen LogP contribution in [0.15, 0.2) is 24.0 Å². The Morgan fingerprint density at radius 2 is 1.40 bits per heavy atom. The molecule has 5 atom stereocenters. The molecule has 2 aliphatic heterocycles. The Morgan fingerprint density at radius 1 is 0.817 bits per heavy atom. The van der Waals surface area contributed by atoms with E-state index in [1.165, 1.54) is 70.6 Å². The lowest BCUT2D eigenvalue weighted by atomic mass is 9.50. The molecule has 5 rings (SSSR count). The summed E-state index contributed by atoms with van der Waals surface area (Å²) in [6.07, 6.45) is 19.5. The molecular weight excluding hydrogens is 763 g/mol. The quantitative estimate of drug-likeness (QED) is 0.0488. The van der Waals surface area contributed by atoms with Gasteiger partial charge in [0.15, 0.2) is 17.6 Å². The zero-order valence-electron chi connectivity index (χ0n) is 38.1. The zero-order chi connectivity index (χ0) is 43.7. The molecule has 0 aromatic heterocycles. The van der Waals surface area contributed by atoms with Crippen LogP contribution in [-0.4, -0.2) is 76.4 Å². The molecular formula is C49H75NO10. The highest BCUT2D eigenvalue weighted by molar-refractivity contribution is 5.87. The first kappa shape index (κ1) is 47.6. The Labute approximate surface area is 359 Å². The fourth-order valence-corrected chi connectivity index (χ4v) is 9.96. The average Bonchev–Trinajstić information content (AvgIpc) is 3.51. The third-order valence-electron chi connectivity index (χ3n) is 12.8. The summed E-state index contributed by atoms with van der Waals surface area (Å²) < 4.78 is 29.6. The summed E-state index contributed by atoms with van der Waals surface area (Å²) in [5, 5.41) is 12.7. The predicted octanol–water partition coefficient (Wildman–Crippen LogP) is 10.4. The smallest absolute Gasteiger partial charge is 0.477 e. The number of likely N-dealkylation sites (tertiary alicyclic amines) is 1. The van der Waals surface area contributed by atoms with Crippen molar-refractivity contribution in [1.82, 2.24) is 4.90 Å². The van der Waals surface area contributed by atoms with Crippen LogP contribution in [0.5, 0.6) is 11.5 Å². The van der Waals surface area contributed by atoms with Crippen LogP contribution in [0.3, 0.4) is 0 Å². The number of benzene rings is 1. The van der Waals surface area contributed by atoms with Crippen LogP contribution in [0.1, 0.15) is 188 Å². The second-order valence-corrected chi connectivity index (χ2v) is 20.0. The maximum atomic E-state index is 14.2. The lowest BCUT2D eigenvalue weighted by Crippen LogP contribution is -2.74. The maximum absolute atomic E-state index is 14.2. The van der Waals surface area contributed by atoms with Crippen LogP contribution in [0, 0.1) is 5.92 Å². The Kier molecular flexibility index (Phi) is 16.4. The molecule has 11 nitrogen and oxygen atoms in total. The van der Waals surface area contributed by atoms with Gasteiger partial charge in [-0.15, -0.1) is 0 Å². The van der Waals surface area contributed by atoms with Crippen molar-refractivity contribution in [2.24, 2.45) is 5.92 Å². The Hall–Kier alpha value is -3.44. The number of Topliss-reactive ketones (excluding diaryl/α,β-unsaturated/α-hetero) is 1. The highest BCUT2D eigenvalue weighted by Crippen LogP contribution is 2.65. The van der Waals surface area contributed by atoms with Crippen LogP contribution in [-0.2, 0) is 40.4 Å². The monoisotopic (exact) mass is 838 g/mol. The van der Waals surface area contributed by atoms with Gasteiger partial charge in [-0.25, -0.2) is 4.79 Å². The number of hydrogen-bond acceptors (Lipinski definition) is 11. The van der Waals surface area contributed by atoms with Gasteiger partial charge in [-0.3, -0.25) is 14.4 Å². The largest absolute Gasteiger partial charge is 0.514 e. The van der Waals surface area contributed by atoms with Crippen molar-refractivity contribution in [2.75, 3.05) is 13.6 Å². The lowest BCUT2D eigenvalue weighted by Gasteiger charge is -2.61. The number of unbranched alkanes of at least 4 members (excludes halogenated alkanes) is 14. The number of carbonyl (C=O) groups excluding carboxylic acids is 4. The van der Waals surface area contributed by atoms with Crippen LogP contribution in [0.25, 0.3) is 0 Å². The Bertz CT molecular complexity index is 1690. The topological polar surface area (TPSA) is 138 Å². The molecule has 0 saturated carbocycles. The minimum atomic E-state index is -1.28. The first-order valence-corrected chi connectivity index (χ1v) is 23.2. The molecule has 2 heterocycles. The van der Waals surface area contributed by atoms with Gasteiger partial charge in [0.1, 0.15) is 22.7 Å². The van der Waals surface area contributed by atoms with Gasteiger partial charge in [0, 0.05) is 30.9 Å². The van der Waals surface area contributed by atoms with E-state index in [2.05, 4.69) is 11.8 Å². The molecule has 0 amide bonds. The van der Waals surface area contributed by atoms with E-state index in [9.17, 15) is 24.3 Å². The van der Waals surface area contributed by atoms with E-state index in [1.54, 1.807) is 53.7 Å². The molecule has 2 aliphatic carbocycles. The van der Waals surface area contributed by atoms with Crippen LogP contribution < -0.4 is 9.47 Å². The summed E-state index contributed by atoms with van der Waals surface area (Å²) in [5.41, 5.74) is -2.12. The molecule has 1 aromatic rings. The van der Waals surface area contributed by atoms with Gasteiger partial charge in [-0.05, 0) is 92.1 Å². The van der Waals surface area contributed by atoms with Crippen LogP contribution in [0.2, 0.25) is 0 Å². The van der Waals surface area contributed by atoms with Gasteiger partial charge in [-0.1, -0.05) is 103 Å². The van der Waals surface area contributed by atoms with Crippen molar-refractivity contribution in [3.05, 3.63) is 35.1 Å². The number of carbonyl (C=O) groups is 4. The highest BCUT2D eigenvalue weighted by atomic mass is 16.7. The summed E-state index contributed by atoms with van der Waals surface area (Å²) >= 11 is 0. The molecule has 4 aliphatic rings. The van der Waals surface area contributed by atoms with Crippen LogP contribution in [0.4, 0.5) is 4.79 Å². The summed E-state index contributed by atoms with van der Waals surface area (Å²) in [4.78, 5) is 55.8. The standard InChI is InChI=1S/C49H75NO10/c1-9-10-11-12-13-14-15-16-17-18-19-20-21-22-23-24-36(51)31-35(33-40(52)59-46(2,3)4)44(53)56-38-27-28-49(55)39-32-34-25-26-37(57-45(54)60-47(5,6)7)42-41(34)48(49,43(38)58-42)29-30-50(39)8/h25-27,35,39,43,55H,9-24,28-33H2,1-8H3/t35-,39-,43-,48-,49+/m0/s1. The summed E-state index contributed by atoms with van der Waals surface area (Å²) in [7, 11) is 2.00. The van der Waals surface area contributed by atoms with Crippen molar-refractivity contribution in [1.29, 1.82) is 0 Å². The van der Waals surface area contributed by atoms with Crippen LogP contribution >= 0.6 is 0 Å². The fourth-order valence-electron chi connectivity index (χ4n) is 9.96. The number of ether oxygens (including phenoxy) is 5. The Morgan fingerprint density at radius 3 is 1.98 bits per heavy atom. The number of likely N-dealkylation sites (N-methyl/N-ethyl adjacent to an activating group) is 1. The normalized spacial score (nSPS) is 23.5. The first-order valence-electron chi connectivity index (χ1n) is 23.2.